The number of rotatable bonds is 16. The van der Waals surface area contributed by atoms with E-state index >= 15 is 0 Å². The number of unbranched alkanes of at least 4 members (excludes halogenated alkanes) is 8. The molecular formula is C18H32NO4. The summed E-state index contributed by atoms with van der Waals surface area (Å²) in [6, 6.07) is -0.886. The Morgan fingerprint density at radius 2 is 1.78 bits per heavy atom. The molecule has 0 aliphatic heterocycles. The van der Waals surface area contributed by atoms with E-state index in [0.717, 1.165) is 57.8 Å². The maximum atomic E-state index is 11.0. The topological polar surface area (TPSA) is 80.4 Å². The molecule has 0 aromatic carbocycles. The van der Waals surface area contributed by atoms with Crippen LogP contribution in [0, 0.1) is 10.1 Å². The number of hydrogen-bond acceptors (Lipinski definition) is 4. The van der Waals surface area contributed by atoms with Crippen molar-refractivity contribution in [2.75, 3.05) is 0 Å². The van der Waals surface area contributed by atoms with Gasteiger partial charge in [0.05, 0.1) is 0 Å². The molecule has 2 atom stereocenters. The number of carbonyl (C=O) groups excluding carboxylic acids is 1. The van der Waals surface area contributed by atoms with Crippen molar-refractivity contribution in [2.45, 2.75) is 96.1 Å². The van der Waals surface area contributed by atoms with Crippen molar-refractivity contribution in [1.82, 2.24) is 0 Å². The standard InChI is InChI=1S/C18H32NO4/c1-2-3-11-15-18(21)17(19(22)23)14-12-9-7-5-4-6-8-10-13-16-20/h9,12,17-18,21H,2-8,10-11,13-15H2,1H3/b12-9-. The van der Waals surface area contributed by atoms with Crippen LogP contribution in [0.5, 0.6) is 0 Å². The van der Waals surface area contributed by atoms with Crippen LogP contribution in [0.3, 0.4) is 0 Å². The summed E-state index contributed by atoms with van der Waals surface area (Å²) in [7, 11) is 0. The van der Waals surface area contributed by atoms with Crippen LogP contribution in [0.25, 0.3) is 0 Å². The van der Waals surface area contributed by atoms with Crippen LogP contribution in [-0.4, -0.2) is 28.5 Å². The highest BCUT2D eigenvalue weighted by molar-refractivity contribution is 5.50. The molecule has 0 bridgehead atoms. The quantitative estimate of drug-likeness (QED) is 0.198. The van der Waals surface area contributed by atoms with Crippen LogP contribution in [0.1, 0.15) is 84.0 Å². The van der Waals surface area contributed by atoms with Gasteiger partial charge in [0.15, 0.2) is 6.29 Å². The molecule has 1 radical (unpaired) electrons. The van der Waals surface area contributed by atoms with Crippen LogP contribution >= 0.6 is 0 Å². The molecule has 0 rings (SSSR count). The molecule has 5 nitrogen and oxygen atoms in total. The molecule has 0 spiro atoms. The number of aliphatic hydroxyl groups is 1. The lowest BCUT2D eigenvalue weighted by molar-refractivity contribution is -0.533. The molecule has 0 saturated heterocycles. The van der Waals surface area contributed by atoms with Gasteiger partial charge in [0.1, 0.15) is 6.10 Å². The lowest BCUT2D eigenvalue weighted by Crippen LogP contribution is -2.33. The van der Waals surface area contributed by atoms with Crippen molar-refractivity contribution < 1.29 is 14.8 Å². The number of nitro groups is 1. The van der Waals surface area contributed by atoms with Gasteiger partial charge in [-0.2, -0.15) is 0 Å². The van der Waals surface area contributed by atoms with Crippen LogP contribution in [0.2, 0.25) is 0 Å². The van der Waals surface area contributed by atoms with Crippen molar-refractivity contribution in [3.05, 3.63) is 22.3 Å². The van der Waals surface area contributed by atoms with Crippen molar-refractivity contribution in [3.8, 4) is 0 Å². The lowest BCUT2D eigenvalue weighted by atomic mass is 10.0. The Morgan fingerprint density at radius 3 is 2.43 bits per heavy atom. The zero-order valence-electron chi connectivity index (χ0n) is 14.4. The van der Waals surface area contributed by atoms with E-state index in [0.29, 0.717) is 19.3 Å². The van der Waals surface area contributed by atoms with Gasteiger partial charge in [-0.25, -0.2) is 0 Å². The second kappa shape index (κ2) is 15.7. The maximum absolute atomic E-state index is 11.0. The van der Waals surface area contributed by atoms with Crippen LogP contribution in [0.4, 0.5) is 0 Å². The van der Waals surface area contributed by atoms with E-state index in [1.165, 1.54) is 0 Å². The zero-order valence-corrected chi connectivity index (χ0v) is 14.4. The van der Waals surface area contributed by atoms with E-state index in [-0.39, 0.29) is 4.92 Å². The first-order valence-corrected chi connectivity index (χ1v) is 8.95. The number of allylic oxidation sites excluding steroid dienone is 1. The minimum atomic E-state index is -0.886. The van der Waals surface area contributed by atoms with Crippen molar-refractivity contribution in [3.63, 3.8) is 0 Å². The average Bonchev–Trinajstić information content (AvgIpc) is 2.52. The fourth-order valence-electron chi connectivity index (χ4n) is 2.52. The fraction of sp³-hybridized carbons (Fsp3) is 0.833. The van der Waals surface area contributed by atoms with Crippen LogP contribution < -0.4 is 0 Å². The highest BCUT2D eigenvalue weighted by Crippen LogP contribution is 2.13. The Bertz CT molecular complexity index is 331. The molecule has 5 heteroatoms. The largest absolute Gasteiger partial charge is 0.386 e. The van der Waals surface area contributed by atoms with Crippen molar-refractivity contribution in [2.24, 2.45) is 0 Å². The molecule has 2 unspecified atom stereocenters. The molecule has 1 N–H and O–H groups in total. The molecule has 0 amide bonds. The Balaban J connectivity index is 3.81. The first kappa shape index (κ1) is 21.8. The van der Waals surface area contributed by atoms with Gasteiger partial charge in [0, 0.05) is 17.8 Å². The predicted molar refractivity (Wildman–Crippen MR) is 92.7 cm³/mol. The smallest absolute Gasteiger partial charge is 0.241 e. The van der Waals surface area contributed by atoms with Gasteiger partial charge < -0.3 is 5.11 Å². The predicted octanol–water partition coefficient (Wildman–Crippen LogP) is 4.36. The normalized spacial score (nSPS) is 14.0. The molecule has 0 aliphatic carbocycles. The minimum absolute atomic E-state index is 0.301. The van der Waals surface area contributed by atoms with Crippen molar-refractivity contribution in [1.29, 1.82) is 0 Å². The molecule has 0 aliphatic rings. The molecule has 133 valence electrons. The number of hydrogen-bond donors (Lipinski definition) is 1. The van der Waals surface area contributed by atoms with E-state index in [1.807, 2.05) is 18.4 Å². The van der Waals surface area contributed by atoms with Gasteiger partial charge in [0.2, 0.25) is 6.04 Å². The van der Waals surface area contributed by atoms with Gasteiger partial charge in [-0.1, -0.05) is 57.6 Å². The highest BCUT2D eigenvalue weighted by atomic mass is 16.6. The second-order valence-corrected chi connectivity index (χ2v) is 6.07. The van der Waals surface area contributed by atoms with E-state index < -0.39 is 12.1 Å². The monoisotopic (exact) mass is 326 g/mol. The molecule has 0 aromatic heterocycles. The third-order valence-electron chi connectivity index (χ3n) is 4.01. The van der Waals surface area contributed by atoms with E-state index in [4.69, 9.17) is 0 Å². The molecule has 23 heavy (non-hydrogen) atoms. The average molecular weight is 326 g/mol. The third kappa shape index (κ3) is 13.0. The Kier molecular flexibility index (Phi) is 14.8. The summed E-state index contributed by atoms with van der Waals surface area (Å²) in [6.45, 7) is 2.07. The summed E-state index contributed by atoms with van der Waals surface area (Å²) in [5, 5.41) is 21.0. The van der Waals surface area contributed by atoms with E-state index in [2.05, 4.69) is 6.92 Å². The fourth-order valence-corrected chi connectivity index (χ4v) is 2.52. The summed E-state index contributed by atoms with van der Waals surface area (Å²) in [6.07, 6.45) is 15.3. The van der Waals surface area contributed by atoms with Gasteiger partial charge in [0.25, 0.3) is 0 Å². The summed E-state index contributed by atoms with van der Waals surface area (Å²) >= 11 is 0. The summed E-state index contributed by atoms with van der Waals surface area (Å²) in [5.74, 6) is 0. The van der Waals surface area contributed by atoms with Gasteiger partial charge in [-0.05, 0) is 25.7 Å². The zero-order chi connectivity index (χ0) is 17.3. The lowest BCUT2D eigenvalue weighted by Gasteiger charge is -2.14. The molecule has 0 fully saturated rings. The van der Waals surface area contributed by atoms with Gasteiger partial charge in [-0.3, -0.25) is 14.9 Å². The van der Waals surface area contributed by atoms with Crippen LogP contribution in [0.15, 0.2) is 12.2 Å². The van der Waals surface area contributed by atoms with E-state index in [9.17, 15) is 20.0 Å². The number of nitrogens with zero attached hydrogens (tertiary/aromatic N) is 1. The Labute approximate surface area is 140 Å². The molecule has 0 aromatic rings. The van der Waals surface area contributed by atoms with Crippen LogP contribution in [-0.2, 0) is 4.79 Å². The minimum Gasteiger partial charge on any atom is -0.386 e. The summed E-state index contributed by atoms with van der Waals surface area (Å²) < 4.78 is 0. The SMILES string of the molecule is CCCCCC(O)C(C/C=C\CCCCCCC[C]=O)[N+](=O)[O-]. The highest BCUT2D eigenvalue weighted by Gasteiger charge is 2.27. The molecule has 0 saturated carbocycles. The van der Waals surface area contributed by atoms with Gasteiger partial charge in [-0.15, -0.1) is 0 Å². The summed E-state index contributed by atoms with van der Waals surface area (Å²) in [5.41, 5.74) is 0. The Morgan fingerprint density at radius 1 is 1.09 bits per heavy atom. The maximum Gasteiger partial charge on any atom is 0.241 e. The molecule has 0 heterocycles. The van der Waals surface area contributed by atoms with E-state index in [1.54, 1.807) is 0 Å². The van der Waals surface area contributed by atoms with Gasteiger partial charge >= 0.3 is 0 Å². The first-order valence-electron chi connectivity index (χ1n) is 8.95. The third-order valence-corrected chi connectivity index (χ3v) is 4.01. The first-order chi connectivity index (χ1) is 11.1. The second-order valence-electron chi connectivity index (χ2n) is 6.07. The summed E-state index contributed by atoms with van der Waals surface area (Å²) in [4.78, 5) is 20.7. The van der Waals surface area contributed by atoms with Crippen molar-refractivity contribution >= 4 is 6.29 Å². The Hall–Kier alpha value is -1.23. The number of aliphatic hydroxyl groups excluding tert-OH is 1. The molecular weight excluding hydrogens is 294 g/mol.